The Hall–Kier alpha value is -0.900. The zero-order chi connectivity index (χ0) is 8.67. The largest absolute Gasteiger partial charge is 0.317 e. The molecule has 70 valence electrons. The Morgan fingerprint density at radius 1 is 1.46 bits per heavy atom. The molecule has 1 aromatic rings. The third kappa shape index (κ3) is 1.09. The zero-order valence-electron chi connectivity index (χ0n) is 7.61. The van der Waals surface area contributed by atoms with Crippen molar-refractivity contribution in [3.05, 3.63) is 12.2 Å². The third-order valence-corrected chi connectivity index (χ3v) is 3.33. The van der Waals surface area contributed by atoms with Gasteiger partial charge in [-0.3, -0.25) is 0 Å². The molecular formula is C9H14N4. The van der Waals surface area contributed by atoms with Gasteiger partial charge in [0, 0.05) is 12.5 Å². The quantitative estimate of drug-likeness (QED) is 0.624. The van der Waals surface area contributed by atoms with E-state index in [2.05, 4.69) is 20.1 Å². The summed E-state index contributed by atoms with van der Waals surface area (Å²) >= 11 is 0. The highest BCUT2D eigenvalue weighted by Gasteiger charge is 2.32. The Kier molecular flexibility index (Phi) is 1.62. The van der Waals surface area contributed by atoms with Gasteiger partial charge in [-0.15, -0.1) is 10.2 Å². The highest BCUT2D eigenvalue weighted by atomic mass is 15.3. The van der Waals surface area contributed by atoms with Crippen LogP contribution in [0.25, 0.3) is 0 Å². The Labute approximate surface area is 77.4 Å². The van der Waals surface area contributed by atoms with Gasteiger partial charge in [0.2, 0.25) is 0 Å². The second kappa shape index (κ2) is 2.80. The van der Waals surface area contributed by atoms with Crippen LogP contribution in [-0.2, 0) is 6.54 Å². The smallest absolute Gasteiger partial charge is 0.136 e. The summed E-state index contributed by atoms with van der Waals surface area (Å²) in [6.07, 6.45) is 4.37. The van der Waals surface area contributed by atoms with Crippen molar-refractivity contribution in [3.8, 4) is 0 Å². The van der Waals surface area contributed by atoms with E-state index in [1.54, 1.807) is 0 Å². The molecule has 1 aromatic heterocycles. The van der Waals surface area contributed by atoms with Gasteiger partial charge in [-0.2, -0.15) is 0 Å². The maximum atomic E-state index is 4.23. The molecule has 0 saturated carbocycles. The predicted molar refractivity (Wildman–Crippen MR) is 48.4 cm³/mol. The van der Waals surface area contributed by atoms with Gasteiger partial charge in [-0.1, -0.05) is 0 Å². The highest BCUT2D eigenvalue weighted by Crippen LogP contribution is 2.34. The van der Waals surface area contributed by atoms with Crippen LogP contribution < -0.4 is 5.32 Å². The van der Waals surface area contributed by atoms with Crippen LogP contribution in [0.15, 0.2) is 6.33 Å². The molecule has 4 nitrogen and oxygen atoms in total. The monoisotopic (exact) mass is 178 g/mol. The number of fused-ring (bicyclic) bond motifs is 3. The molecule has 3 heterocycles. The van der Waals surface area contributed by atoms with E-state index in [1.165, 1.54) is 18.7 Å². The first-order valence-electron chi connectivity index (χ1n) is 5.03. The Balaban J connectivity index is 1.97. The molecule has 0 aromatic carbocycles. The summed E-state index contributed by atoms with van der Waals surface area (Å²) in [5, 5.41) is 11.7. The molecule has 2 unspecified atom stereocenters. The molecule has 4 heteroatoms. The van der Waals surface area contributed by atoms with Gasteiger partial charge < -0.3 is 9.88 Å². The van der Waals surface area contributed by atoms with Crippen LogP contribution >= 0.6 is 0 Å². The van der Waals surface area contributed by atoms with Crippen molar-refractivity contribution in [2.75, 3.05) is 13.1 Å². The number of nitrogens with zero attached hydrogens (tertiary/aromatic N) is 3. The lowest BCUT2D eigenvalue weighted by Gasteiger charge is -2.35. The normalized spacial score (nSPS) is 32.3. The molecule has 2 atom stereocenters. The van der Waals surface area contributed by atoms with Crippen molar-refractivity contribution in [3.63, 3.8) is 0 Å². The van der Waals surface area contributed by atoms with Gasteiger partial charge in [0.1, 0.15) is 12.2 Å². The average molecular weight is 178 g/mol. The van der Waals surface area contributed by atoms with Crippen molar-refractivity contribution < 1.29 is 0 Å². The summed E-state index contributed by atoms with van der Waals surface area (Å²) in [7, 11) is 0. The maximum Gasteiger partial charge on any atom is 0.136 e. The van der Waals surface area contributed by atoms with Crippen molar-refractivity contribution in [1.29, 1.82) is 0 Å². The second-order valence-electron chi connectivity index (χ2n) is 4.03. The number of hydrogen-bond donors (Lipinski definition) is 1. The molecule has 0 radical (unpaired) electrons. The first-order valence-corrected chi connectivity index (χ1v) is 5.03. The maximum absolute atomic E-state index is 4.23. The van der Waals surface area contributed by atoms with Gasteiger partial charge in [0.05, 0.1) is 0 Å². The molecule has 1 saturated heterocycles. The van der Waals surface area contributed by atoms with Gasteiger partial charge in [0.15, 0.2) is 0 Å². The number of rotatable bonds is 0. The Morgan fingerprint density at radius 3 is 3.46 bits per heavy atom. The summed E-state index contributed by atoms with van der Waals surface area (Å²) in [5.74, 6) is 2.68. The number of nitrogens with one attached hydrogen (secondary N) is 1. The third-order valence-electron chi connectivity index (χ3n) is 3.33. The molecule has 0 aliphatic carbocycles. The molecule has 1 N–H and O–H groups in total. The minimum Gasteiger partial charge on any atom is -0.317 e. The van der Waals surface area contributed by atoms with Crippen LogP contribution in [0, 0.1) is 5.92 Å². The fourth-order valence-electron chi connectivity index (χ4n) is 2.59. The van der Waals surface area contributed by atoms with Crippen molar-refractivity contribution in [2.24, 2.45) is 5.92 Å². The van der Waals surface area contributed by atoms with E-state index in [0.717, 1.165) is 25.6 Å². The van der Waals surface area contributed by atoms with Crippen molar-refractivity contribution >= 4 is 0 Å². The number of aromatic nitrogens is 3. The van der Waals surface area contributed by atoms with Crippen molar-refractivity contribution in [1.82, 2.24) is 20.1 Å². The molecule has 0 spiro atoms. The summed E-state index contributed by atoms with van der Waals surface area (Å²) in [6, 6.07) is 0. The molecule has 2 aliphatic heterocycles. The molecule has 1 fully saturated rings. The predicted octanol–water partition coefficient (Wildman–Crippen LogP) is 0.375. The molecule has 3 rings (SSSR count). The van der Waals surface area contributed by atoms with Crippen LogP contribution in [0.1, 0.15) is 24.6 Å². The summed E-state index contributed by atoms with van der Waals surface area (Å²) in [6.45, 7) is 3.40. The number of aryl methyl sites for hydroxylation is 1. The van der Waals surface area contributed by atoms with E-state index in [1.807, 2.05) is 6.33 Å². The van der Waals surface area contributed by atoms with E-state index in [0.29, 0.717) is 5.92 Å². The lowest BCUT2D eigenvalue weighted by atomic mass is 9.81. The van der Waals surface area contributed by atoms with E-state index in [9.17, 15) is 0 Å². The molecule has 0 bridgehead atoms. The first kappa shape index (κ1) is 7.50. The summed E-state index contributed by atoms with van der Waals surface area (Å²) < 4.78 is 2.21. The summed E-state index contributed by atoms with van der Waals surface area (Å²) in [4.78, 5) is 0. The lowest BCUT2D eigenvalue weighted by molar-refractivity contribution is 0.251. The van der Waals surface area contributed by atoms with Gasteiger partial charge >= 0.3 is 0 Å². The van der Waals surface area contributed by atoms with E-state index < -0.39 is 0 Å². The molecule has 0 amide bonds. The fourth-order valence-corrected chi connectivity index (χ4v) is 2.59. The molecule has 13 heavy (non-hydrogen) atoms. The van der Waals surface area contributed by atoms with Crippen LogP contribution in [0.2, 0.25) is 0 Å². The second-order valence-corrected chi connectivity index (χ2v) is 4.03. The molecular weight excluding hydrogens is 164 g/mol. The van der Waals surface area contributed by atoms with Crippen LogP contribution in [-0.4, -0.2) is 27.9 Å². The van der Waals surface area contributed by atoms with Crippen LogP contribution in [0.3, 0.4) is 0 Å². The van der Waals surface area contributed by atoms with Gasteiger partial charge in [-0.25, -0.2) is 0 Å². The van der Waals surface area contributed by atoms with Gasteiger partial charge in [-0.05, 0) is 31.8 Å². The molecule has 2 aliphatic rings. The Bertz CT molecular complexity index is 306. The average Bonchev–Trinajstić information content (AvgIpc) is 2.65. The SMILES string of the molecule is c1nnc2n1CCC1CNCCC21. The summed E-state index contributed by atoms with van der Waals surface area (Å²) in [5.41, 5.74) is 0. The van der Waals surface area contributed by atoms with E-state index in [-0.39, 0.29) is 0 Å². The topological polar surface area (TPSA) is 42.7 Å². The zero-order valence-corrected chi connectivity index (χ0v) is 7.61. The highest BCUT2D eigenvalue weighted by molar-refractivity contribution is 5.05. The van der Waals surface area contributed by atoms with E-state index >= 15 is 0 Å². The standard InChI is InChI=1S/C9H14N4/c1-3-10-5-7-2-4-13-6-11-12-9(13)8(1)7/h6-8,10H,1-5H2. The Morgan fingerprint density at radius 2 is 2.46 bits per heavy atom. The number of hydrogen-bond acceptors (Lipinski definition) is 3. The van der Waals surface area contributed by atoms with E-state index in [4.69, 9.17) is 0 Å². The van der Waals surface area contributed by atoms with Gasteiger partial charge in [0.25, 0.3) is 0 Å². The first-order chi connectivity index (χ1) is 6.45. The fraction of sp³-hybridized carbons (Fsp3) is 0.778. The number of piperidine rings is 1. The van der Waals surface area contributed by atoms with Crippen molar-refractivity contribution in [2.45, 2.75) is 25.3 Å². The minimum absolute atomic E-state index is 0.664. The minimum atomic E-state index is 0.664. The lowest BCUT2D eigenvalue weighted by Crippen LogP contribution is -2.39. The van der Waals surface area contributed by atoms with Crippen LogP contribution in [0.4, 0.5) is 0 Å². The van der Waals surface area contributed by atoms with Crippen LogP contribution in [0.5, 0.6) is 0 Å².